The highest BCUT2D eigenvalue weighted by atomic mass is 35.5. The molecule has 0 saturated carbocycles. The molecular weight excluding hydrogens is 376 g/mol. The molecule has 3 aromatic carbocycles. The minimum absolute atomic E-state index is 0.153. The van der Waals surface area contributed by atoms with Crippen LogP contribution in [-0.4, -0.2) is 16.9 Å². The molecule has 0 aromatic heterocycles. The predicted octanol–water partition coefficient (Wildman–Crippen LogP) is 5.39. The molecule has 3 aromatic rings. The van der Waals surface area contributed by atoms with Crippen molar-refractivity contribution in [3.05, 3.63) is 101 Å². The van der Waals surface area contributed by atoms with Gasteiger partial charge in [-0.1, -0.05) is 72.3 Å². The van der Waals surface area contributed by atoms with E-state index in [0.29, 0.717) is 5.02 Å². The first-order valence-electron chi connectivity index (χ1n) is 8.54. The van der Waals surface area contributed by atoms with Crippen LogP contribution in [-0.2, 0) is 4.79 Å². The van der Waals surface area contributed by atoms with E-state index >= 15 is 0 Å². The van der Waals surface area contributed by atoms with Gasteiger partial charge in [-0.15, -0.1) is 11.8 Å². The van der Waals surface area contributed by atoms with Crippen molar-refractivity contribution in [3.8, 4) is 0 Å². The fourth-order valence-electron chi connectivity index (χ4n) is 2.46. The van der Waals surface area contributed by atoms with Gasteiger partial charge in [-0.05, 0) is 31.2 Å². The second-order valence-corrected chi connectivity index (χ2v) is 7.73. The van der Waals surface area contributed by atoms with Crippen molar-refractivity contribution in [2.75, 3.05) is 0 Å². The molecule has 0 aliphatic heterocycles. The van der Waals surface area contributed by atoms with Crippen LogP contribution in [0, 0.1) is 0 Å². The molecule has 0 heterocycles. The van der Waals surface area contributed by atoms with Gasteiger partial charge in [0.1, 0.15) is 0 Å². The SMILES string of the molecule is CC(Sc1ccc(Cl)cc1)C(=O)NN=C(c1ccccc1)c1ccccc1. The predicted molar refractivity (Wildman–Crippen MR) is 113 cm³/mol. The Kier molecular flexibility index (Phi) is 6.69. The number of nitrogens with one attached hydrogen (secondary N) is 1. The van der Waals surface area contributed by atoms with Crippen molar-refractivity contribution in [3.63, 3.8) is 0 Å². The molecule has 0 spiro atoms. The van der Waals surface area contributed by atoms with Crippen LogP contribution < -0.4 is 5.43 Å². The highest BCUT2D eigenvalue weighted by molar-refractivity contribution is 8.00. The van der Waals surface area contributed by atoms with Gasteiger partial charge in [0.2, 0.25) is 0 Å². The molecule has 0 fully saturated rings. The van der Waals surface area contributed by atoms with Crippen LogP contribution in [0.5, 0.6) is 0 Å². The fraction of sp³-hybridized carbons (Fsp3) is 0.0909. The number of halogens is 1. The largest absolute Gasteiger partial charge is 0.272 e. The lowest BCUT2D eigenvalue weighted by Gasteiger charge is -2.11. The number of amides is 1. The molecule has 0 aliphatic carbocycles. The lowest BCUT2D eigenvalue weighted by molar-refractivity contribution is -0.120. The zero-order valence-corrected chi connectivity index (χ0v) is 16.4. The minimum atomic E-state index is -0.289. The lowest BCUT2D eigenvalue weighted by Crippen LogP contribution is -2.28. The second-order valence-electron chi connectivity index (χ2n) is 5.88. The molecule has 0 radical (unpaired) electrons. The highest BCUT2D eigenvalue weighted by Gasteiger charge is 2.15. The maximum absolute atomic E-state index is 12.5. The zero-order valence-electron chi connectivity index (χ0n) is 14.8. The standard InChI is InChI=1S/C22H19ClN2OS/c1-16(27-20-14-12-19(23)13-15-20)22(26)25-24-21(17-8-4-2-5-9-17)18-10-6-3-7-11-18/h2-16H,1H3,(H,25,26). The Bertz CT molecular complexity index is 871. The van der Waals surface area contributed by atoms with Gasteiger partial charge < -0.3 is 0 Å². The van der Waals surface area contributed by atoms with Gasteiger partial charge in [0.15, 0.2) is 0 Å². The summed E-state index contributed by atoms with van der Waals surface area (Å²) in [6.45, 7) is 1.86. The summed E-state index contributed by atoms with van der Waals surface area (Å²) in [6.07, 6.45) is 0. The maximum atomic E-state index is 12.5. The first kappa shape index (κ1) is 19.2. The van der Waals surface area contributed by atoms with Gasteiger partial charge in [0.25, 0.3) is 5.91 Å². The maximum Gasteiger partial charge on any atom is 0.253 e. The van der Waals surface area contributed by atoms with Crippen molar-refractivity contribution in [2.24, 2.45) is 5.10 Å². The van der Waals surface area contributed by atoms with Crippen LogP contribution in [0.4, 0.5) is 0 Å². The third-order valence-corrected chi connectivity index (χ3v) is 5.23. The van der Waals surface area contributed by atoms with Crippen molar-refractivity contribution >= 4 is 35.0 Å². The second kappa shape index (κ2) is 9.40. The third-order valence-electron chi connectivity index (χ3n) is 3.87. The first-order chi connectivity index (χ1) is 13.1. The normalized spacial score (nSPS) is 11.5. The third kappa shape index (κ3) is 5.46. The summed E-state index contributed by atoms with van der Waals surface area (Å²) in [5, 5.41) is 4.81. The average Bonchev–Trinajstić information content (AvgIpc) is 2.71. The number of rotatable bonds is 6. The quantitative estimate of drug-likeness (QED) is 0.346. The van der Waals surface area contributed by atoms with Gasteiger partial charge >= 0.3 is 0 Å². The van der Waals surface area contributed by atoms with Gasteiger partial charge in [-0.3, -0.25) is 4.79 Å². The summed E-state index contributed by atoms with van der Waals surface area (Å²) in [5.41, 5.74) is 5.34. The van der Waals surface area contributed by atoms with Crippen molar-refractivity contribution < 1.29 is 4.79 Å². The van der Waals surface area contributed by atoms with Crippen LogP contribution in [0.25, 0.3) is 0 Å². The van der Waals surface area contributed by atoms with Crippen LogP contribution in [0.1, 0.15) is 18.1 Å². The molecular formula is C22H19ClN2OS. The number of benzene rings is 3. The van der Waals surface area contributed by atoms with E-state index in [4.69, 9.17) is 11.6 Å². The van der Waals surface area contributed by atoms with Crippen LogP contribution >= 0.6 is 23.4 Å². The van der Waals surface area contributed by atoms with Crippen LogP contribution in [0.3, 0.4) is 0 Å². The number of thioether (sulfide) groups is 1. The molecule has 136 valence electrons. The van der Waals surface area contributed by atoms with Gasteiger partial charge in [0.05, 0.1) is 11.0 Å². The van der Waals surface area contributed by atoms with Crippen molar-refractivity contribution in [1.29, 1.82) is 0 Å². The van der Waals surface area contributed by atoms with Crippen LogP contribution in [0.15, 0.2) is 94.9 Å². The summed E-state index contributed by atoms with van der Waals surface area (Å²) < 4.78 is 0. The molecule has 1 amide bonds. The van der Waals surface area contributed by atoms with E-state index in [9.17, 15) is 4.79 Å². The molecule has 1 atom stereocenters. The molecule has 0 bridgehead atoms. The Morgan fingerprint density at radius 1 is 0.889 bits per heavy atom. The summed E-state index contributed by atoms with van der Waals surface area (Å²) in [7, 11) is 0. The van der Waals surface area contributed by atoms with Gasteiger partial charge in [0, 0.05) is 21.0 Å². The Labute approximate surface area is 168 Å². The van der Waals surface area contributed by atoms with E-state index in [-0.39, 0.29) is 11.2 Å². The highest BCUT2D eigenvalue weighted by Crippen LogP contribution is 2.24. The molecule has 0 aliphatic rings. The lowest BCUT2D eigenvalue weighted by atomic mass is 10.0. The molecule has 5 heteroatoms. The van der Waals surface area contributed by atoms with Gasteiger partial charge in [-0.25, -0.2) is 5.43 Å². The topological polar surface area (TPSA) is 41.5 Å². The Morgan fingerprint density at radius 3 is 1.93 bits per heavy atom. The number of carbonyl (C=O) groups is 1. The fourth-order valence-corrected chi connectivity index (χ4v) is 3.45. The van der Waals surface area contributed by atoms with E-state index in [1.165, 1.54) is 11.8 Å². The zero-order chi connectivity index (χ0) is 19.1. The molecule has 0 saturated heterocycles. The summed E-state index contributed by atoms with van der Waals surface area (Å²) in [4.78, 5) is 13.5. The molecule has 3 nitrogen and oxygen atoms in total. The average molecular weight is 395 g/mol. The monoisotopic (exact) mass is 394 g/mol. The van der Waals surface area contributed by atoms with E-state index in [2.05, 4.69) is 10.5 Å². The summed E-state index contributed by atoms with van der Waals surface area (Å²) >= 11 is 7.37. The number of nitrogens with zero attached hydrogens (tertiary/aromatic N) is 1. The molecule has 1 unspecified atom stereocenters. The Morgan fingerprint density at radius 2 is 1.41 bits per heavy atom. The Balaban J connectivity index is 1.75. The minimum Gasteiger partial charge on any atom is -0.272 e. The van der Waals surface area contributed by atoms with E-state index in [0.717, 1.165) is 21.7 Å². The molecule has 27 heavy (non-hydrogen) atoms. The van der Waals surface area contributed by atoms with Gasteiger partial charge in [-0.2, -0.15) is 5.10 Å². The van der Waals surface area contributed by atoms with E-state index < -0.39 is 0 Å². The van der Waals surface area contributed by atoms with Crippen molar-refractivity contribution in [1.82, 2.24) is 5.43 Å². The molecule has 1 N–H and O–H groups in total. The summed E-state index contributed by atoms with van der Waals surface area (Å²) in [5.74, 6) is -0.153. The van der Waals surface area contributed by atoms with E-state index in [1.807, 2.05) is 91.9 Å². The van der Waals surface area contributed by atoms with Crippen LogP contribution in [0.2, 0.25) is 5.02 Å². The van der Waals surface area contributed by atoms with Crippen molar-refractivity contribution in [2.45, 2.75) is 17.1 Å². The smallest absolute Gasteiger partial charge is 0.253 e. The number of hydrogen-bond acceptors (Lipinski definition) is 3. The molecule has 3 rings (SSSR count). The summed E-state index contributed by atoms with van der Waals surface area (Å²) in [6, 6.07) is 27.1. The number of carbonyl (C=O) groups excluding carboxylic acids is 1. The first-order valence-corrected chi connectivity index (χ1v) is 9.80. The van der Waals surface area contributed by atoms with E-state index in [1.54, 1.807) is 0 Å². The Hall–Kier alpha value is -2.56. The number of hydrazone groups is 1. The number of hydrogen-bond donors (Lipinski definition) is 1.